The molecular weight excluding hydrogens is 343 g/mol. The van der Waals surface area contributed by atoms with Crippen LogP contribution in [0.3, 0.4) is 0 Å². The largest absolute Gasteiger partial charge is 0.389 e. The molecule has 0 spiro atoms. The van der Waals surface area contributed by atoms with E-state index in [1.165, 1.54) is 12.1 Å². The average molecular weight is 363 g/mol. The number of halogens is 2. The van der Waals surface area contributed by atoms with E-state index in [1.807, 2.05) is 26.1 Å². The minimum Gasteiger partial charge on any atom is -0.389 e. The molecule has 1 aromatic carbocycles. The zero-order valence-electron chi connectivity index (χ0n) is 14.4. The summed E-state index contributed by atoms with van der Waals surface area (Å²) in [6.45, 7) is 6.23. The molecule has 1 N–H and O–H groups in total. The van der Waals surface area contributed by atoms with Gasteiger partial charge >= 0.3 is 0 Å². The molecule has 3 rings (SSSR count). The Labute approximate surface area is 150 Å². The van der Waals surface area contributed by atoms with Gasteiger partial charge in [-0.1, -0.05) is 11.6 Å². The molecule has 0 saturated heterocycles. The fraction of sp³-hybridized carbons (Fsp3) is 0.333. The molecule has 2 heterocycles. The summed E-state index contributed by atoms with van der Waals surface area (Å²) in [5.74, 6) is -0.391. The average Bonchev–Trinajstić information content (AvgIpc) is 3.10. The Hall–Kier alpha value is -2.18. The number of aryl methyl sites for hydroxylation is 2. The van der Waals surface area contributed by atoms with Crippen molar-refractivity contribution in [2.24, 2.45) is 0 Å². The molecule has 0 aliphatic rings. The molecule has 25 heavy (non-hydrogen) atoms. The van der Waals surface area contributed by atoms with Gasteiger partial charge in [0.15, 0.2) is 5.15 Å². The maximum atomic E-state index is 13.6. The first-order valence-electron chi connectivity index (χ1n) is 8.14. The summed E-state index contributed by atoms with van der Waals surface area (Å²) in [4.78, 5) is 0. The summed E-state index contributed by atoms with van der Waals surface area (Å²) in [7, 11) is 0. The zero-order valence-corrected chi connectivity index (χ0v) is 15.1. The topological polar surface area (TPSA) is 55.9 Å². The molecule has 7 heteroatoms. The van der Waals surface area contributed by atoms with Gasteiger partial charge in [0.1, 0.15) is 5.82 Å². The first-order valence-corrected chi connectivity index (χ1v) is 8.52. The molecule has 3 aromatic rings. The third kappa shape index (κ3) is 3.60. The third-order valence-corrected chi connectivity index (χ3v) is 4.37. The van der Waals surface area contributed by atoms with E-state index < -0.39 is 11.9 Å². The van der Waals surface area contributed by atoms with Gasteiger partial charge in [-0.25, -0.2) is 9.07 Å². The van der Waals surface area contributed by atoms with Crippen LogP contribution in [0.2, 0.25) is 5.15 Å². The number of aromatic nitrogens is 4. The standard InChI is InChI=1S/C18H20ClFN4O/c1-4-23-10-13(18(19)22-23)8-15-7-11(2)21-24(15)17-6-5-14(20)9-16(17)12(3)25/h5-7,9-10,12,25H,4,8H2,1-3H3/t12-/m1/s1. The molecule has 0 aliphatic carbocycles. The summed E-state index contributed by atoms with van der Waals surface area (Å²) in [6, 6.07) is 6.28. The summed E-state index contributed by atoms with van der Waals surface area (Å²) in [5.41, 5.74) is 3.75. The Bertz CT molecular complexity index is 901. The highest BCUT2D eigenvalue weighted by Gasteiger charge is 2.17. The van der Waals surface area contributed by atoms with E-state index in [-0.39, 0.29) is 0 Å². The van der Waals surface area contributed by atoms with Gasteiger partial charge in [0.2, 0.25) is 0 Å². The first-order chi connectivity index (χ1) is 11.9. The monoisotopic (exact) mass is 362 g/mol. The van der Waals surface area contributed by atoms with Gasteiger partial charge in [-0.05, 0) is 45.0 Å². The zero-order chi connectivity index (χ0) is 18.1. The van der Waals surface area contributed by atoms with Crippen LogP contribution < -0.4 is 0 Å². The Kier molecular flexibility index (Phi) is 4.92. The van der Waals surface area contributed by atoms with Crippen molar-refractivity contribution in [2.45, 2.75) is 39.8 Å². The predicted molar refractivity (Wildman–Crippen MR) is 94.6 cm³/mol. The molecule has 0 radical (unpaired) electrons. The number of aliphatic hydroxyl groups excluding tert-OH is 1. The fourth-order valence-corrected chi connectivity index (χ4v) is 3.07. The lowest BCUT2D eigenvalue weighted by molar-refractivity contribution is 0.198. The molecule has 0 saturated carbocycles. The summed E-state index contributed by atoms with van der Waals surface area (Å²) < 4.78 is 17.1. The molecule has 132 valence electrons. The van der Waals surface area contributed by atoms with Crippen molar-refractivity contribution in [1.29, 1.82) is 0 Å². The number of aliphatic hydroxyl groups is 1. The number of hydrogen-bond acceptors (Lipinski definition) is 3. The minimum atomic E-state index is -0.811. The van der Waals surface area contributed by atoms with Crippen LogP contribution in [0.25, 0.3) is 5.69 Å². The highest BCUT2D eigenvalue weighted by atomic mass is 35.5. The lowest BCUT2D eigenvalue weighted by Gasteiger charge is -2.14. The maximum absolute atomic E-state index is 13.6. The summed E-state index contributed by atoms with van der Waals surface area (Å²) in [5, 5.41) is 19.2. The van der Waals surface area contributed by atoms with Gasteiger partial charge in [-0.3, -0.25) is 4.68 Å². The van der Waals surface area contributed by atoms with Crippen LogP contribution in [0, 0.1) is 12.7 Å². The second-order valence-corrected chi connectivity index (χ2v) is 6.40. The first kappa shape index (κ1) is 17.6. The molecule has 0 bridgehead atoms. The quantitative estimate of drug-likeness (QED) is 0.750. The van der Waals surface area contributed by atoms with Crippen LogP contribution in [0.1, 0.15) is 42.5 Å². The van der Waals surface area contributed by atoms with Crippen molar-refractivity contribution >= 4 is 11.6 Å². The number of benzene rings is 1. The van der Waals surface area contributed by atoms with E-state index in [2.05, 4.69) is 10.2 Å². The summed E-state index contributed by atoms with van der Waals surface area (Å²) >= 11 is 6.23. The van der Waals surface area contributed by atoms with E-state index in [0.717, 1.165) is 23.5 Å². The van der Waals surface area contributed by atoms with Crippen LogP contribution in [0.4, 0.5) is 4.39 Å². The van der Waals surface area contributed by atoms with Gasteiger partial charge in [0.05, 0.1) is 17.5 Å². The molecule has 0 unspecified atom stereocenters. The predicted octanol–water partition coefficient (Wildman–Crippen LogP) is 3.83. The fourth-order valence-electron chi connectivity index (χ4n) is 2.86. The van der Waals surface area contributed by atoms with Crippen LogP contribution in [0.15, 0.2) is 30.5 Å². The molecule has 1 atom stereocenters. The van der Waals surface area contributed by atoms with Crippen molar-refractivity contribution in [2.75, 3.05) is 0 Å². The maximum Gasteiger partial charge on any atom is 0.154 e. The molecule has 2 aromatic heterocycles. The van der Waals surface area contributed by atoms with Crippen molar-refractivity contribution in [3.8, 4) is 5.69 Å². The number of rotatable bonds is 5. The van der Waals surface area contributed by atoms with Crippen LogP contribution in [-0.2, 0) is 13.0 Å². The smallest absolute Gasteiger partial charge is 0.154 e. The lowest BCUT2D eigenvalue weighted by Crippen LogP contribution is -2.08. The van der Waals surface area contributed by atoms with Crippen molar-refractivity contribution in [1.82, 2.24) is 19.6 Å². The van der Waals surface area contributed by atoms with Gasteiger partial charge in [-0.15, -0.1) is 0 Å². The van der Waals surface area contributed by atoms with E-state index in [0.29, 0.717) is 22.8 Å². The van der Waals surface area contributed by atoms with Gasteiger partial charge in [-0.2, -0.15) is 10.2 Å². The van der Waals surface area contributed by atoms with Gasteiger partial charge in [0, 0.05) is 36.0 Å². The van der Waals surface area contributed by atoms with Crippen LogP contribution in [-0.4, -0.2) is 24.7 Å². The minimum absolute atomic E-state index is 0.391. The second-order valence-electron chi connectivity index (χ2n) is 6.05. The van der Waals surface area contributed by atoms with Crippen molar-refractivity contribution in [3.63, 3.8) is 0 Å². The van der Waals surface area contributed by atoms with Crippen LogP contribution >= 0.6 is 11.6 Å². The second kappa shape index (κ2) is 6.98. The third-order valence-electron chi connectivity index (χ3n) is 4.05. The van der Waals surface area contributed by atoms with Crippen LogP contribution in [0.5, 0.6) is 0 Å². The Morgan fingerprint density at radius 1 is 1.28 bits per heavy atom. The van der Waals surface area contributed by atoms with Gasteiger partial charge in [0.25, 0.3) is 0 Å². The van der Waals surface area contributed by atoms with E-state index in [4.69, 9.17) is 11.6 Å². The molecule has 0 aliphatic heterocycles. The molecular formula is C18H20ClFN4O. The SMILES string of the molecule is CCn1cc(Cc2cc(C)nn2-c2ccc(F)cc2[C@@H](C)O)c(Cl)n1. The van der Waals surface area contributed by atoms with E-state index >= 15 is 0 Å². The molecule has 5 nitrogen and oxygen atoms in total. The van der Waals surface area contributed by atoms with E-state index in [1.54, 1.807) is 22.4 Å². The normalized spacial score (nSPS) is 12.6. The van der Waals surface area contributed by atoms with Gasteiger partial charge < -0.3 is 5.11 Å². The summed E-state index contributed by atoms with van der Waals surface area (Å²) in [6.07, 6.45) is 1.64. The van der Waals surface area contributed by atoms with Crippen molar-refractivity contribution < 1.29 is 9.50 Å². The van der Waals surface area contributed by atoms with E-state index in [9.17, 15) is 9.50 Å². The highest BCUT2D eigenvalue weighted by molar-refractivity contribution is 6.30. The Morgan fingerprint density at radius 2 is 2.04 bits per heavy atom. The highest BCUT2D eigenvalue weighted by Crippen LogP contribution is 2.26. The molecule has 0 amide bonds. The molecule has 0 fully saturated rings. The number of hydrogen-bond donors (Lipinski definition) is 1. The lowest BCUT2D eigenvalue weighted by atomic mass is 10.1. The Balaban J connectivity index is 2.06. The van der Waals surface area contributed by atoms with Crippen molar-refractivity contribution in [3.05, 3.63) is 63.9 Å². The Morgan fingerprint density at radius 3 is 2.68 bits per heavy atom. The number of nitrogens with zero attached hydrogens (tertiary/aromatic N) is 4.